The first kappa shape index (κ1) is 38.8. The summed E-state index contributed by atoms with van der Waals surface area (Å²) >= 11 is 0. The van der Waals surface area contributed by atoms with Gasteiger partial charge in [0.25, 0.3) is 0 Å². The van der Waals surface area contributed by atoms with Gasteiger partial charge >= 0.3 is 21.1 Å². The molecule has 0 aliphatic heterocycles. The van der Waals surface area contributed by atoms with Crippen LogP contribution in [-0.4, -0.2) is 19.3 Å². The zero-order valence-corrected chi connectivity index (χ0v) is 35.1. The maximum absolute atomic E-state index is 6.73. The first-order valence-electron chi connectivity index (χ1n) is 19.6. The molecule has 3 atom stereocenters. The molecule has 0 spiro atoms. The van der Waals surface area contributed by atoms with Crippen LogP contribution in [0.15, 0.2) is 78.5 Å². The third kappa shape index (κ3) is 7.31. The summed E-state index contributed by atoms with van der Waals surface area (Å²) in [6.07, 6.45) is 9.75. The first-order valence-corrected chi connectivity index (χ1v) is 19.6. The SMILES string of the molecule is CCC1=C[C@H](C)C[C@H](CC)C1c1c(CC)nn(-c2[c-]c(Oc3[c-]c4c(cc3)c3ccccc3n4-c3cc(C(C)C)ccn3)cc(C(C)C)c2)c1CC.[Pt+2]. The van der Waals surface area contributed by atoms with Crippen LogP contribution >= 0.6 is 0 Å². The van der Waals surface area contributed by atoms with E-state index >= 15 is 0 Å². The standard InChI is InChI=1S/C47H54N4O.Pt/c1-10-32-22-31(9)23-33(11-2)46(32)47-41(12-3)49-51(42(47)13-4)36-24-35(30(7)8)25-38(27-36)52-37-18-19-40-39-16-14-15-17-43(39)50(44(40)28-37)45-26-34(29(5)6)20-21-48-45;/h14-22,24-26,29-31,33,46H,10-13,23H2,1-9H3;/q-2;+2/t31-,33-,46?;/m0./s1. The van der Waals surface area contributed by atoms with E-state index in [-0.39, 0.29) is 21.1 Å². The summed E-state index contributed by atoms with van der Waals surface area (Å²) in [5.74, 6) is 4.55. The summed E-state index contributed by atoms with van der Waals surface area (Å²) in [6, 6.07) is 28.7. The number of nitrogens with zero attached hydrogens (tertiary/aromatic N) is 4. The fourth-order valence-electron chi connectivity index (χ4n) is 8.55. The summed E-state index contributed by atoms with van der Waals surface area (Å²) < 4.78 is 11.1. The molecular weight excluding hydrogens is 832 g/mol. The van der Waals surface area contributed by atoms with Crippen molar-refractivity contribution < 1.29 is 25.8 Å². The van der Waals surface area contributed by atoms with Gasteiger partial charge in [-0.05, 0) is 84.2 Å². The Morgan fingerprint density at radius 2 is 1.60 bits per heavy atom. The molecule has 0 radical (unpaired) electrons. The van der Waals surface area contributed by atoms with E-state index < -0.39 is 0 Å². The second kappa shape index (κ2) is 16.2. The third-order valence-corrected chi connectivity index (χ3v) is 11.2. The summed E-state index contributed by atoms with van der Waals surface area (Å²) in [6.45, 7) is 20.5. The van der Waals surface area contributed by atoms with Crippen molar-refractivity contribution in [2.24, 2.45) is 11.8 Å². The largest absolute Gasteiger partial charge is 2.00 e. The number of pyridine rings is 1. The van der Waals surface area contributed by atoms with Crippen LogP contribution in [0.1, 0.15) is 127 Å². The predicted molar refractivity (Wildman–Crippen MR) is 215 cm³/mol. The Kier molecular flexibility index (Phi) is 11.8. The van der Waals surface area contributed by atoms with E-state index in [9.17, 15) is 0 Å². The van der Waals surface area contributed by atoms with E-state index in [4.69, 9.17) is 14.8 Å². The minimum Gasteiger partial charge on any atom is -0.509 e. The van der Waals surface area contributed by atoms with Gasteiger partial charge in [0.2, 0.25) is 0 Å². The van der Waals surface area contributed by atoms with Crippen LogP contribution in [0.25, 0.3) is 33.3 Å². The third-order valence-electron chi connectivity index (χ3n) is 11.2. The van der Waals surface area contributed by atoms with Gasteiger partial charge in [0.1, 0.15) is 5.82 Å². The number of aromatic nitrogens is 4. The van der Waals surface area contributed by atoms with Crippen molar-refractivity contribution in [2.45, 2.75) is 112 Å². The van der Waals surface area contributed by atoms with Crippen LogP contribution in [0.5, 0.6) is 11.5 Å². The molecule has 53 heavy (non-hydrogen) atoms. The minimum atomic E-state index is 0. The smallest absolute Gasteiger partial charge is 0.509 e. The van der Waals surface area contributed by atoms with E-state index in [1.807, 2.05) is 12.3 Å². The molecule has 0 fully saturated rings. The van der Waals surface area contributed by atoms with Gasteiger partial charge in [0, 0.05) is 40.4 Å². The van der Waals surface area contributed by atoms with E-state index in [0.717, 1.165) is 47.2 Å². The Bertz CT molecular complexity index is 2260. The molecule has 3 heterocycles. The molecule has 5 nitrogen and oxygen atoms in total. The average Bonchev–Trinajstić information content (AvgIpc) is 3.69. The van der Waals surface area contributed by atoms with Gasteiger partial charge < -0.3 is 9.30 Å². The minimum absolute atomic E-state index is 0. The van der Waals surface area contributed by atoms with E-state index in [0.29, 0.717) is 41.1 Å². The van der Waals surface area contributed by atoms with Crippen molar-refractivity contribution >= 4 is 21.8 Å². The fourth-order valence-corrected chi connectivity index (χ4v) is 8.55. The molecule has 6 heteroatoms. The molecule has 0 saturated heterocycles. The maximum Gasteiger partial charge on any atom is 2.00 e. The molecule has 278 valence electrons. The van der Waals surface area contributed by atoms with Gasteiger partial charge in [-0.15, -0.1) is 41.3 Å². The Labute approximate surface area is 331 Å². The number of ether oxygens (including phenoxy) is 1. The van der Waals surface area contributed by atoms with Gasteiger partial charge in [0.05, 0.1) is 5.69 Å². The molecule has 0 amide bonds. The zero-order chi connectivity index (χ0) is 36.7. The van der Waals surface area contributed by atoms with Crippen LogP contribution in [0.2, 0.25) is 0 Å². The molecule has 1 aliphatic rings. The normalized spacial score (nSPS) is 17.5. The van der Waals surface area contributed by atoms with Crippen molar-refractivity contribution in [3.05, 3.63) is 119 Å². The molecule has 7 rings (SSSR count). The summed E-state index contributed by atoms with van der Waals surface area (Å²) in [5.41, 5.74) is 10.9. The monoisotopic (exact) mass is 885 g/mol. The molecular formula is C47H54N4OPt. The zero-order valence-electron chi connectivity index (χ0n) is 32.9. The quantitative estimate of drug-likeness (QED) is 0.0962. The van der Waals surface area contributed by atoms with Gasteiger partial charge in [-0.1, -0.05) is 104 Å². The number of benzene rings is 3. The molecule has 3 aromatic heterocycles. The first-order chi connectivity index (χ1) is 25.1. The van der Waals surface area contributed by atoms with Crippen molar-refractivity contribution in [2.75, 3.05) is 0 Å². The Morgan fingerprint density at radius 1 is 0.830 bits per heavy atom. The van der Waals surface area contributed by atoms with Gasteiger partial charge in [-0.2, -0.15) is 11.2 Å². The van der Waals surface area contributed by atoms with Crippen LogP contribution in [0, 0.1) is 24.0 Å². The van der Waals surface area contributed by atoms with Crippen molar-refractivity contribution in [1.29, 1.82) is 0 Å². The van der Waals surface area contributed by atoms with Crippen LogP contribution in [0.4, 0.5) is 0 Å². The molecule has 3 aromatic carbocycles. The number of aryl methyl sites for hydroxylation is 1. The Morgan fingerprint density at radius 3 is 2.30 bits per heavy atom. The molecule has 1 aliphatic carbocycles. The molecule has 1 unspecified atom stereocenters. The molecule has 0 N–H and O–H groups in total. The number of fused-ring (bicyclic) bond motifs is 3. The Balaban J connectivity index is 0.00000481. The summed E-state index contributed by atoms with van der Waals surface area (Å²) in [5, 5.41) is 7.65. The molecule has 6 aromatic rings. The molecule has 0 bridgehead atoms. The second-order valence-electron chi connectivity index (χ2n) is 15.3. The fraction of sp³-hybridized carbons (Fsp3) is 0.404. The van der Waals surface area contributed by atoms with E-state index in [1.165, 1.54) is 46.3 Å². The van der Waals surface area contributed by atoms with Gasteiger partial charge in [0.15, 0.2) is 0 Å². The van der Waals surface area contributed by atoms with Crippen LogP contribution in [-0.2, 0) is 33.9 Å². The summed E-state index contributed by atoms with van der Waals surface area (Å²) in [7, 11) is 0. The average molecular weight is 886 g/mol. The van der Waals surface area contributed by atoms with E-state index in [1.54, 1.807) is 5.57 Å². The van der Waals surface area contributed by atoms with Crippen LogP contribution < -0.4 is 4.74 Å². The number of rotatable bonds is 11. The number of allylic oxidation sites excluding steroid dienone is 2. The number of para-hydroxylation sites is 1. The predicted octanol–water partition coefficient (Wildman–Crippen LogP) is 12.6. The number of hydrogen-bond donors (Lipinski definition) is 0. The second-order valence-corrected chi connectivity index (χ2v) is 15.3. The summed E-state index contributed by atoms with van der Waals surface area (Å²) in [4.78, 5) is 4.83. The van der Waals surface area contributed by atoms with Crippen molar-refractivity contribution in [3.63, 3.8) is 0 Å². The Hall–Kier alpha value is -3.95. The molecule has 0 saturated carbocycles. The topological polar surface area (TPSA) is 44.9 Å². The van der Waals surface area contributed by atoms with Crippen molar-refractivity contribution in [1.82, 2.24) is 19.3 Å². The van der Waals surface area contributed by atoms with Gasteiger partial charge in [-0.25, -0.2) is 4.98 Å². The van der Waals surface area contributed by atoms with Crippen LogP contribution in [0.3, 0.4) is 0 Å². The van der Waals surface area contributed by atoms with E-state index in [2.05, 4.69) is 144 Å². The maximum atomic E-state index is 6.73. The van der Waals surface area contributed by atoms with Gasteiger partial charge in [-0.3, -0.25) is 4.68 Å². The van der Waals surface area contributed by atoms with Crippen molar-refractivity contribution in [3.8, 4) is 23.0 Å². The number of hydrogen-bond acceptors (Lipinski definition) is 3.